The molecule has 0 spiro atoms. The second-order valence-electron chi connectivity index (χ2n) is 5.12. The van der Waals surface area contributed by atoms with Crippen molar-refractivity contribution in [3.63, 3.8) is 0 Å². The van der Waals surface area contributed by atoms with Gasteiger partial charge in [0.1, 0.15) is 0 Å². The van der Waals surface area contributed by atoms with E-state index >= 15 is 0 Å². The summed E-state index contributed by atoms with van der Waals surface area (Å²) in [5.74, 6) is 0.0527. The van der Waals surface area contributed by atoms with Crippen molar-refractivity contribution < 1.29 is 9.53 Å². The van der Waals surface area contributed by atoms with Gasteiger partial charge in [0.2, 0.25) is 0 Å². The van der Waals surface area contributed by atoms with E-state index in [9.17, 15) is 4.79 Å². The van der Waals surface area contributed by atoms with Crippen LogP contribution < -0.4 is 5.32 Å². The minimum absolute atomic E-state index is 0.0527. The molecule has 0 amide bonds. The molecule has 0 radical (unpaired) electrons. The van der Waals surface area contributed by atoms with E-state index in [0.717, 1.165) is 51.6 Å². The summed E-state index contributed by atoms with van der Waals surface area (Å²) >= 11 is 0. The topological polar surface area (TPSA) is 38.3 Å². The number of rotatable bonds is 7. The molecule has 100 valence electrons. The van der Waals surface area contributed by atoms with Crippen molar-refractivity contribution >= 4 is 5.97 Å². The molecular weight excluding hydrogens is 214 g/mol. The minimum atomic E-state index is -0.188. The van der Waals surface area contributed by atoms with Crippen molar-refractivity contribution in [2.75, 3.05) is 19.7 Å². The van der Waals surface area contributed by atoms with Crippen molar-refractivity contribution in [2.45, 2.75) is 58.8 Å². The molecule has 0 aliphatic carbocycles. The molecule has 0 atom stereocenters. The number of piperidine rings is 1. The lowest BCUT2D eigenvalue weighted by molar-refractivity contribution is -0.158. The first-order chi connectivity index (χ1) is 8.25. The first-order valence-electron chi connectivity index (χ1n) is 7.13. The fourth-order valence-corrected chi connectivity index (χ4v) is 2.61. The number of ether oxygens (including phenoxy) is 1. The third-order valence-corrected chi connectivity index (χ3v) is 3.70. The van der Waals surface area contributed by atoms with Gasteiger partial charge < -0.3 is 10.1 Å². The van der Waals surface area contributed by atoms with Crippen molar-refractivity contribution in [3.8, 4) is 0 Å². The molecule has 0 saturated carbocycles. The molecule has 0 bridgehead atoms. The van der Waals surface area contributed by atoms with Crippen molar-refractivity contribution in [1.82, 2.24) is 5.32 Å². The standard InChI is InChI=1S/C14H27NO2/c1-3-5-6-12-17-13(16)14(7-4-2)8-10-15-11-9-14/h15H,3-12H2,1-2H3. The van der Waals surface area contributed by atoms with Crippen LogP contribution >= 0.6 is 0 Å². The van der Waals surface area contributed by atoms with Gasteiger partial charge in [-0.15, -0.1) is 0 Å². The molecule has 1 N–H and O–H groups in total. The maximum absolute atomic E-state index is 12.2. The van der Waals surface area contributed by atoms with Gasteiger partial charge >= 0.3 is 5.97 Å². The van der Waals surface area contributed by atoms with Crippen molar-refractivity contribution in [1.29, 1.82) is 0 Å². The second-order valence-corrected chi connectivity index (χ2v) is 5.12. The summed E-state index contributed by atoms with van der Waals surface area (Å²) in [7, 11) is 0. The summed E-state index contributed by atoms with van der Waals surface area (Å²) in [6.45, 7) is 6.81. The SMILES string of the molecule is CCCCCOC(=O)C1(CCC)CCNCC1. The van der Waals surface area contributed by atoms with Crippen LogP contribution in [0, 0.1) is 5.41 Å². The molecule has 0 aromatic carbocycles. The van der Waals surface area contributed by atoms with Gasteiger partial charge in [0, 0.05) is 0 Å². The molecule has 1 fully saturated rings. The lowest BCUT2D eigenvalue weighted by atomic mass is 9.75. The molecule has 1 saturated heterocycles. The Labute approximate surface area is 105 Å². The average molecular weight is 241 g/mol. The van der Waals surface area contributed by atoms with Gasteiger partial charge in [0.25, 0.3) is 0 Å². The zero-order valence-corrected chi connectivity index (χ0v) is 11.4. The fraction of sp³-hybridized carbons (Fsp3) is 0.929. The first-order valence-corrected chi connectivity index (χ1v) is 7.13. The fourth-order valence-electron chi connectivity index (χ4n) is 2.61. The number of esters is 1. The molecule has 1 aliphatic heterocycles. The second kappa shape index (κ2) is 7.70. The van der Waals surface area contributed by atoms with Gasteiger partial charge in [0.05, 0.1) is 12.0 Å². The van der Waals surface area contributed by atoms with Crippen LogP contribution in [-0.2, 0) is 9.53 Å². The number of hydrogen-bond acceptors (Lipinski definition) is 3. The summed E-state index contributed by atoms with van der Waals surface area (Å²) in [5, 5.41) is 3.32. The summed E-state index contributed by atoms with van der Waals surface area (Å²) in [4.78, 5) is 12.2. The van der Waals surface area contributed by atoms with E-state index in [1.807, 2.05) is 0 Å². The van der Waals surface area contributed by atoms with Crippen LogP contribution in [0.25, 0.3) is 0 Å². The van der Waals surface area contributed by atoms with Gasteiger partial charge in [-0.25, -0.2) is 0 Å². The zero-order chi connectivity index (χ0) is 12.6. The highest BCUT2D eigenvalue weighted by atomic mass is 16.5. The normalized spacial score (nSPS) is 18.9. The number of nitrogens with one attached hydrogen (secondary N) is 1. The molecule has 3 heteroatoms. The maximum Gasteiger partial charge on any atom is 0.312 e. The van der Waals surface area contributed by atoms with Crippen LogP contribution in [-0.4, -0.2) is 25.7 Å². The minimum Gasteiger partial charge on any atom is -0.465 e. The average Bonchev–Trinajstić information content (AvgIpc) is 2.36. The van der Waals surface area contributed by atoms with E-state index in [0.29, 0.717) is 6.61 Å². The number of unbranched alkanes of at least 4 members (excludes halogenated alkanes) is 2. The summed E-state index contributed by atoms with van der Waals surface area (Å²) in [6.07, 6.45) is 7.23. The maximum atomic E-state index is 12.2. The quantitative estimate of drug-likeness (QED) is 0.550. The van der Waals surface area contributed by atoms with Crippen LogP contribution in [0.1, 0.15) is 58.8 Å². The van der Waals surface area contributed by atoms with E-state index in [4.69, 9.17) is 4.74 Å². The Morgan fingerprint density at radius 3 is 2.47 bits per heavy atom. The Balaban J connectivity index is 2.42. The zero-order valence-electron chi connectivity index (χ0n) is 11.4. The highest BCUT2D eigenvalue weighted by molar-refractivity contribution is 5.77. The Morgan fingerprint density at radius 1 is 1.18 bits per heavy atom. The molecule has 3 nitrogen and oxygen atoms in total. The molecule has 1 aliphatic rings. The third kappa shape index (κ3) is 4.30. The number of carbonyl (C=O) groups is 1. The number of carbonyl (C=O) groups excluding carboxylic acids is 1. The van der Waals surface area contributed by atoms with Gasteiger partial charge in [-0.1, -0.05) is 33.1 Å². The van der Waals surface area contributed by atoms with E-state index in [-0.39, 0.29) is 11.4 Å². The first kappa shape index (κ1) is 14.5. The predicted molar refractivity (Wildman–Crippen MR) is 69.9 cm³/mol. The Bertz CT molecular complexity index is 217. The van der Waals surface area contributed by atoms with E-state index in [1.165, 1.54) is 6.42 Å². The van der Waals surface area contributed by atoms with Gasteiger partial charge in [-0.05, 0) is 38.8 Å². The third-order valence-electron chi connectivity index (χ3n) is 3.70. The molecule has 1 rings (SSSR count). The van der Waals surface area contributed by atoms with E-state index < -0.39 is 0 Å². The van der Waals surface area contributed by atoms with E-state index in [2.05, 4.69) is 19.2 Å². The summed E-state index contributed by atoms with van der Waals surface area (Å²) < 4.78 is 5.47. The van der Waals surface area contributed by atoms with Crippen molar-refractivity contribution in [2.24, 2.45) is 5.41 Å². The monoisotopic (exact) mass is 241 g/mol. The molecule has 0 unspecified atom stereocenters. The lowest BCUT2D eigenvalue weighted by Gasteiger charge is -2.35. The van der Waals surface area contributed by atoms with Crippen LogP contribution in [0.15, 0.2) is 0 Å². The number of hydrogen-bond donors (Lipinski definition) is 1. The molecule has 1 heterocycles. The molecule has 0 aromatic rings. The summed E-state index contributed by atoms with van der Waals surface area (Å²) in [6, 6.07) is 0. The van der Waals surface area contributed by atoms with Gasteiger partial charge in [-0.3, -0.25) is 4.79 Å². The highest BCUT2D eigenvalue weighted by Crippen LogP contribution is 2.35. The summed E-state index contributed by atoms with van der Waals surface area (Å²) in [5.41, 5.74) is -0.188. The smallest absolute Gasteiger partial charge is 0.312 e. The van der Waals surface area contributed by atoms with Crippen molar-refractivity contribution in [3.05, 3.63) is 0 Å². The molecule has 17 heavy (non-hydrogen) atoms. The van der Waals surface area contributed by atoms with Gasteiger partial charge in [-0.2, -0.15) is 0 Å². The Kier molecular flexibility index (Phi) is 6.56. The van der Waals surface area contributed by atoms with Crippen LogP contribution in [0.4, 0.5) is 0 Å². The molecular formula is C14H27NO2. The highest BCUT2D eigenvalue weighted by Gasteiger charge is 2.39. The van der Waals surface area contributed by atoms with Crippen LogP contribution in [0.5, 0.6) is 0 Å². The predicted octanol–water partition coefficient (Wildman–Crippen LogP) is 2.89. The van der Waals surface area contributed by atoms with Gasteiger partial charge in [0.15, 0.2) is 0 Å². The van der Waals surface area contributed by atoms with Crippen LogP contribution in [0.3, 0.4) is 0 Å². The largest absolute Gasteiger partial charge is 0.465 e. The Morgan fingerprint density at radius 2 is 1.88 bits per heavy atom. The Hall–Kier alpha value is -0.570. The van der Waals surface area contributed by atoms with Crippen LogP contribution in [0.2, 0.25) is 0 Å². The van der Waals surface area contributed by atoms with E-state index in [1.54, 1.807) is 0 Å². The molecule has 0 aromatic heterocycles. The lowest BCUT2D eigenvalue weighted by Crippen LogP contribution is -2.43.